The second-order valence-corrected chi connectivity index (χ2v) is 15.5. The van der Waals surface area contributed by atoms with E-state index in [0.717, 1.165) is 18.5 Å². The molecule has 0 saturated carbocycles. The molecular weight excluding hydrogens is 639 g/mol. The highest BCUT2D eigenvalue weighted by atomic mass is 15.1. The molecule has 4 aliphatic rings. The van der Waals surface area contributed by atoms with Crippen LogP contribution in [0.4, 0.5) is 17.1 Å². The third-order valence-electron chi connectivity index (χ3n) is 12.5. The Morgan fingerprint density at radius 1 is 0.453 bits per heavy atom. The number of rotatable bonds is 4. The number of benzene rings is 7. The molecule has 7 aromatic carbocycles. The van der Waals surface area contributed by atoms with Crippen molar-refractivity contribution in [2.75, 3.05) is 4.90 Å². The zero-order valence-corrected chi connectivity index (χ0v) is 30.1. The molecule has 0 fully saturated rings. The van der Waals surface area contributed by atoms with Crippen LogP contribution in [0.25, 0.3) is 39.0 Å². The molecule has 252 valence electrons. The maximum atomic E-state index is 2.54. The lowest BCUT2D eigenvalue weighted by Gasteiger charge is -2.32. The van der Waals surface area contributed by atoms with E-state index >= 15 is 0 Å². The number of anilines is 3. The highest BCUT2D eigenvalue weighted by Gasteiger charge is 2.52. The zero-order valence-electron chi connectivity index (χ0n) is 30.1. The van der Waals surface area contributed by atoms with Gasteiger partial charge in [0.1, 0.15) is 0 Å². The minimum Gasteiger partial charge on any atom is -0.310 e. The van der Waals surface area contributed by atoms with Gasteiger partial charge in [-0.1, -0.05) is 159 Å². The van der Waals surface area contributed by atoms with E-state index in [0.29, 0.717) is 0 Å². The van der Waals surface area contributed by atoms with Crippen LogP contribution in [0.1, 0.15) is 65.6 Å². The van der Waals surface area contributed by atoms with Gasteiger partial charge in [-0.05, 0) is 116 Å². The number of allylic oxidation sites excluding steroid dienone is 4. The molecule has 0 heterocycles. The van der Waals surface area contributed by atoms with Gasteiger partial charge in [0.25, 0.3) is 0 Å². The summed E-state index contributed by atoms with van der Waals surface area (Å²) in [5.41, 5.74) is 21.7. The predicted molar refractivity (Wildman–Crippen MR) is 221 cm³/mol. The van der Waals surface area contributed by atoms with Crippen LogP contribution in [0.15, 0.2) is 176 Å². The Bertz CT molecular complexity index is 2670. The molecule has 0 aliphatic heterocycles. The first-order valence-corrected chi connectivity index (χ1v) is 19.0. The molecule has 1 spiro atoms. The average Bonchev–Trinajstić information content (AvgIpc) is 3.78. The molecule has 1 nitrogen and oxygen atoms in total. The number of fused-ring (bicyclic) bond motifs is 13. The van der Waals surface area contributed by atoms with Crippen molar-refractivity contribution in [2.45, 2.75) is 37.5 Å². The summed E-state index contributed by atoms with van der Waals surface area (Å²) in [5, 5.41) is 0. The molecule has 0 N–H and O–H groups in total. The van der Waals surface area contributed by atoms with Crippen molar-refractivity contribution in [3.63, 3.8) is 0 Å². The maximum Gasteiger partial charge on any atom is 0.0726 e. The summed E-state index contributed by atoms with van der Waals surface area (Å²) in [5.74, 6) is 0. The topological polar surface area (TPSA) is 3.24 Å². The monoisotopic (exact) mass is 677 g/mol. The largest absolute Gasteiger partial charge is 0.310 e. The van der Waals surface area contributed by atoms with Crippen molar-refractivity contribution in [1.29, 1.82) is 0 Å². The molecule has 0 atom stereocenters. The average molecular weight is 678 g/mol. The second-order valence-electron chi connectivity index (χ2n) is 15.5. The lowest BCUT2D eigenvalue weighted by atomic mass is 9.70. The maximum absolute atomic E-state index is 2.54. The summed E-state index contributed by atoms with van der Waals surface area (Å²) in [6.45, 7) is 4.76. The minimum absolute atomic E-state index is 0.111. The molecule has 0 unspecified atom stereocenters. The minimum atomic E-state index is -0.401. The second kappa shape index (κ2) is 11.2. The van der Waals surface area contributed by atoms with Crippen molar-refractivity contribution in [1.82, 2.24) is 0 Å². The van der Waals surface area contributed by atoms with Crippen molar-refractivity contribution in [2.24, 2.45) is 0 Å². The van der Waals surface area contributed by atoms with Crippen LogP contribution in [-0.2, 0) is 10.8 Å². The Morgan fingerprint density at radius 2 is 1.02 bits per heavy atom. The molecule has 0 bridgehead atoms. The number of hydrogen-bond acceptors (Lipinski definition) is 1. The van der Waals surface area contributed by atoms with Crippen LogP contribution < -0.4 is 4.90 Å². The highest BCUT2D eigenvalue weighted by Crippen LogP contribution is 2.64. The summed E-state index contributed by atoms with van der Waals surface area (Å²) >= 11 is 0. The summed E-state index contributed by atoms with van der Waals surface area (Å²) in [6.07, 6.45) is 9.16. The lowest BCUT2D eigenvalue weighted by Crippen LogP contribution is -2.26. The standard InChI is InChI=1S/C52H39N/c1-51(2)43-24-10-6-20-38(43)41-31-30-37(33-48(41)51)53(36-19-14-18-35(32-36)34-16-4-3-5-17-34)49-29-15-28-47-50(49)42-23-9-13-27-46(42)52(47)44-25-11-7-21-39(44)40-22-8-12-26-45(40)52/h4,6-33H,3,5H2,1-2H3. The van der Waals surface area contributed by atoms with E-state index in [1.54, 1.807) is 0 Å². The summed E-state index contributed by atoms with van der Waals surface area (Å²) < 4.78 is 0. The molecule has 53 heavy (non-hydrogen) atoms. The molecule has 1 heteroatoms. The van der Waals surface area contributed by atoms with Crippen LogP contribution >= 0.6 is 0 Å². The van der Waals surface area contributed by atoms with E-state index < -0.39 is 5.41 Å². The van der Waals surface area contributed by atoms with Gasteiger partial charge in [0.05, 0.1) is 11.1 Å². The lowest BCUT2D eigenvalue weighted by molar-refractivity contribution is 0.660. The first-order valence-electron chi connectivity index (χ1n) is 19.0. The molecule has 4 aliphatic carbocycles. The van der Waals surface area contributed by atoms with Crippen LogP contribution in [0.2, 0.25) is 0 Å². The number of hydrogen-bond donors (Lipinski definition) is 0. The Balaban J connectivity index is 1.20. The van der Waals surface area contributed by atoms with Crippen LogP contribution in [-0.4, -0.2) is 0 Å². The van der Waals surface area contributed by atoms with Gasteiger partial charge in [0, 0.05) is 22.4 Å². The van der Waals surface area contributed by atoms with Crippen molar-refractivity contribution in [3.8, 4) is 33.4 Å². The fourth-order valence-corrected chi connectivity index (χ4v) is 10.2. The SMILES string of the molecule is CC1(C)c2ccccc2-c2ccc(N(c3cccc(C4=CCCC=C4)c3)c3cccc4c3-c3ccccc3C43c4ccccc4-c4ccccc43)cc21. The Kier molecular flexibility index (Phi) is 6.41. The van der Waals surface area contributed by atoms with E-state index in [2.05, 4.69) is 195 Å². The van der Waals surface area contributed by atoms with E-state index in [4.69, 9.17) is 0 Å². The number of nitrogens with zero attached hydrogens (tertiary/aromatic N) is 1. The molecule has 11 rings (SSSR count). The van der Waals surface area contributed by atoms with Gasteiger partial charge >= 0.3 is 0 Å². The van der Waals surface area contributed by atoms with Crippen molar-refractivity contribution in [3.05, 3.63) is 215 Å². The van der Waals surface area contributed by atoms with Gasteiger partial charge in [-0.15, -0.1) is 0 Å². The molecular formula is C52H39N. The summed E-state index contributed by atoms with van der Waals surface area (Å²) in [6, 6.07) is 59.7. The fraction of sp³-hybridized carbons (Fsp3) is 0.115. The third kappa shape index (κ3) is 4.08. The zero-order chi connectivity index (χ0) is 35.3. The first kappa shape index (κ1) is 30.4. The van der Waals surface area contributed by atoms with E-state index in [9.17, 15) is 0 Å². The Hall–Kier alpha value is -6.18. The highest BCUT2D eigenvalue weighted by molar-refractivity contribution is 6.01. The summed E-state index contributed by atoms with van der Waals surface area (Å²) in [7, 11) is 0. The van der Waals surface area contributed by atoms with Gasteiger partial charge in [-0.2, -0.15) is 0 Å². The Morgan fingerprint density at radius 3 is 1.72 bits per heavy atom. The predicted octanol–water partition coefficient (Wildman–Crippen LogP) is 13.5. The van der Waals surface area contributed by atoms with Crippen LogP contribution in [0, 0.1) is 0 Å². The molecule has 7 aromatic rings. The van der Waals surface area contributed by atoms with Gasteiger partial charge in [-0.3, -0.25) is 0 Å². The van der Waals surface area contributed by atoms with Gasteiger partial charge in [0.15, 0.2) is 0 Å². The molecule has 0 saturated heterocycles. The molecule has 0 aromatic heterocycles. The summed E-state index contributed by atoms with van der Waals surface area (Å²) in [4.78, 5) is 2.54. The fourth-order valence-electron chi connectivity index (χ4n) is 10.2. The quantitative estimate of drug-likeness (QED) is 0.179. The smallest absolute Gasteiger partial charge is 0.0726 e. The van der Waals surface area contributed by atoms with Crippen LogP contribution in [0.5, 0.6) is 0 Å². The van der Waals surface area contributed by atoms with Gasteiger partial charge in [0.2, 0.25) is 0 Å². The first-order chi connectivity index (χ1) is 26.1. The normalized spacial score (nSPS) is 15.9. The van der Waals surface area contributed by atoms with Gasteiger partial charge < -0.3 is 4.90 Å². The van der Waals surface area contributed by atoms with Crippen molar-refractivity contribution < 1.29 is 0 Å². The molecule has 0 amide bonds. The van der Waals surface area contributed by atoms with Crippen LogP contribution in [0.3, 0.4) is 0 Å². The van der Waals surface area contributed by atoms with E-state index in [1.165, 1.54) is 89.3 Å². The van der Waals surface area contributed by atoms with E-state index in [-0.39, 0.29) is 5.41 Å². The van der Waals surface area contributed by atoms with Gasteiger partial charge in [-0.25, -0.2) is 0 Å². The third-order valence-corrected chi connectivity index (χ3v) is 12.5. The van der Waals surface area contributed by atoms with Crippen molar-refractivity contribution >= 4 is 22.6 Å². The Labute approximate surface area is 312 Å². The van der Waals surface area contributed by atoms with E-state index in [1.807, 2.05) is 0 Å². The molecule has 0 radical (unpaired) electrons.